The molecule has 41 heavy (non-hydrogen) atoms. The molecule has 0 saturated carbocycles. The minimum absolute atomic E-state index is 0.0302. The smallest absolute Gasteiger partial charge is 0.410 e. The van der Waals surface area contributed by atoms with Crippen LogP contribution in [0.5, 0.6) is 0 Å². The highest BCUT2D eigenvalue weighted by atomic mass is 35.5. The van der Waals surface area contributed by atoms with Gasteiger partial charge in [0.1, 0.15) is 6.61 Å². The molecule has 9 nitrogen and oxygen atoms in total. The number of aryl methyl sites for hydroxylation is 1. The number of hydrogen-bond acceptors (Lipinski definition) is 6. The van der Waals surface area contributed by atoms with E-state index in [1.54, 1.807) is 17.4 Å². The van der Waals surface area contributed by atoms with Crippen LogP contribution < -0.4 is 5.32 Å². The second-order valence-electron chi connectivity index (χ2n) is 10.9. The SMILES string of the molecule is COCC(=O)NC(C1=Cc2cccnc2C(C2CCN(C(=O)OC(C)C)CC2)c2ccc(Cl)cc21)c1cncn1C. The Balaban J connectivity index is 1.59. The Morgan fingerprint density at radius 2 is 1.98 bits per heavy atom. The molecule has 2 atom stereocenters. The lowest BCUT2D eigenvalue weighted by Gasteiger charge is -2.36. The van der Waals surface area contributed by atoms with E-state index in [9.17, 15) is 9.59 Å². The molecule has 0 radical (unpaired) electrons. The topological polar surface area (TPSA) is 98.6 Å². The maximum absolute atomic E-state index is 12.9. The zero-order valence-electron chi connectivity index (χ0n) is 23.8. The Hall–Kier alpha value is -3.69. The molecule has 2 aromatic heterocycles. The first-order chi connectivity index (χ1) is 19.8. The Morgan fingerprint density at radius 3 is 2.66 bits per heavy atom. The van der Waals surface area contributed by atoms with Gasteiger partial charge in [-0.25, -0.2) is 9.78 Å². The number of aromatic nitrogens is 3. The zero-order chi connectivity index (χ0) is 29.1. The van der Waals surface area contributed by atoms with Gasteiger partial charge in [-0.05, 0) is 79.1 Å². The molecule has 5 rings (SSSR count). The maximum Gasteiger partial charge on any atom is 0.410 e. The van der Waals surface area contributed by atoms with Gasteiger partial charge in [0.05, 0.1) is 36.1 Å². The molecule has 2 aliphatic rings. The fourth-order valence-corrected chi connectivity index (χ4v) is 6.12. The fraction of sp³-hybridized carbons (Fsp3) is 0.419. The van der Waals surface area contributed by atoms with E-state index in [0.29, 0.717) is 18.1 Å². The van der Waals surface area contributed by atoms with Gasteiger partial charge in [0, 0.05) is 44.4 Å². The summed E-state index contributed by atoms with van der Waals surface area (Å²) < 4.78 is 12.5. The summed E-state index contributed by atoms with van der Waals surface area (Å²) in [6.45, 7) is 4.89. The largest absolute Gasteiger partial charge is 0.447 e. The molecule has 216 valence electrons. The van der Waals surface area contributed by atoms with Crippen molar-refractivity contribution < 1.29 is 19.1 Å². The van der Waals surface area contributed by atoms with Gasteiger partial charge < -0.3 is 24.3 Å². The summed E-state index contributed by atoms with van der Waals surface area (Å²) in [4.78, 5) is 36.5. The summed E-state index contributed by atoms with van der Waals surface area (Å²) in [5, 5.41) is 3.77. The number of likely N-dealkylation sites (tertiary alicyclic amines) is 1. The van der Waals surface area contributed by atoms with Crippen LogP contribution in [0, 0.1) is 5.92 Å². The molecule has 1 aromatic carbocycles. The number of carbonyl (C=O) groups excluding carboxylic acids is 2. The molecule has 0 spiro atoms. The number of hydrogen-bond donors (Lipinski definition) is 1. The van der Waals surface area contributed by atoms with Gasteiger partial charge in [-0.15, -0.1) is 0 Å². The highest BCUT2D eigenvalue weighted by molar-refractivity contribution is 6.30. The molecular formula is C31H36ClN5O4. The number of ether oxygens (including phenoxy) is 2. The van der Waals surface area contributed by atoms with E-state index in [4.69, 9.17) is 26.1 Å². The number of halogens is 1. The Morgan fingerprint density at radius 1 is 1.20 bits per heavy atom. The number of amides is 2. The van der Waals surface area contributed by atoms with Crippen molar-refractivity contribution in [1.82, 2.24) is 24.8 Å². The molecule has 0 bridgehead atoms. The molecule has 2 amide bonds. The number of methoxy groups -OCH3 is 1. The second-order valence-corrected chi connectivity index (χ2v) is 11.3. The van der Waals surface area contributed by atoms with E-state index in [2.05, 4.69) is 28.5 Å². The third-order valence-corrected chi connectivity index (χ3v) is 8.02. The van der Waals surface area contributed by atoms with Gasteiger partial charge >= 0.3 is 6.09 Å². The molecule has 1 aliphatic carbocycles. The normalized spacial score (nSPS) is 17.8. The number of pyridine rings is 1. The number of benzene rings is 1. The first-order valence-electron chi connectivity index (χ1n) is 13.9. The Labute approximate surface area is 245 Å². The lowest BCUT2D eigenvalue weighted by molar-refractivity contribution is -0.125. The monoisotopic (exact) mass is 577 g/mol. The quantitative estimate of drug-likeness (QED) is 0.414. The van der Waals surface area contributed by atoms with Crippen molar-refractivity contribution in [1.29, 1.82) is 0 Å². The number of carbonyl (C=O) groups is 2. The molecule has 2 unspecified atom stereocenters. The van der Waals surface area contributed by atoms with Crippen molar-refractivity contribution in [2.75, 3.05) is 26.8 Å². The van der Waals surface area contributed by atoms with E-state index in [1.807, 2.05) is 49.9 Å². The van der Waals surface area contributed by atoms with E-state index < -0.39 is 6.04 Å². The first-order valence-corrected chi connectivity index (χ1v) is 14.3. The lowest BCUT2D eigenvalue weighted by atomic mass is 9.75. The summed E-state index contributed by atoms with van der Waals surface area (Å²) >= 11 is 6.63. The van der Waals surface area contributed by atoms with Crippen molar-refractivity contribution in [3.8, 4) is 0 Å². The second kappa shape index (κ2) is 12.4. The lowest BCUT2D eigenvalue weighted by Crippen LogP contribution is -2.41. The van der Waals surface area contributed by atoms with Crippen LogP contribution in [-0.2, 0) is 21.3 Å². The summed E-state index contributed by atoms with van der Waals surface area (Å²) in [5.74, 6) is -0.0361. The molecule has 3 aromatic rings. The van der Waals surface area contributed by atoms with Gasteiger partial charge in [0.15, 0.2) is 0 Å². The van der Waals surface area contributed by atoms with Gasteiger partial charge in [-0.1, -0.05) is 23.7 Å². The highest BCUT2D eigenvalue weighted by Crippen LogP contribution is 2.47. The number of fused-ring (bicyclic) bond motifs is 2. The summed E-state index contributed by atoms with van der Waals surface area (Å²) in [6.07, 6.45) is 8.61. The average Bonchev–Trinajstić information content (AvgIpc) is 3.31. The number of nitrogens with one attached hydrogen (secondary N) is 1. The molecule has 10 heteroatoms. The van der Waals surface area contributed by atoms with Crippen LogP contribution in [-0.4, -0.2) is 64.3 Å². The summed E-state index contributed by atoms with van der Waals surface area (Å²) in [6, 6.07) is 9.45. The number of nitrogens with zero attached hydrogens (tertiary/aromatic N) is 4. The van der Waals surface area contributed by atoms with Crippen LogP contribution in [0.15, 0.2) is 49.1 Å². The average molecular weight is 578 g/mol. The maximum atomic E-state index is 12.9. The van der Waals surface area contributed by atoms with Crippen LogP contribution in [0.25, 0.3) is 11.6 Å². The van der Waals surface area contributed by atoms with E-state index in [0.717, 1.165) is 46.5 Å². The van der Waals surface area contributed by atoms with Gasteiger partial charge in [-0.2, -0.15) is 0 Å². The van der Waals surface area contributed by atoms with Crippen molar-refractivity contribution >= 4 is 35.3 Å². The van der Waals surface area contributed by atoms with Crippen LogP contribution in [0.2, 0.25) is 5.02 Å². The van der Waals surface area contributed by atoms with E-state index in [-0.39, 0.29) is 36.5 Å². The van der Waals surface area contributed by atoms with Crippen LogP contribution >= 0.6 is 11.6 Å². The summed E-state index contributed by atoms with van der Waals surface area (Å²) in [7, 11) is 3.41. The third kappa shape index (κ3) is 6.16. The van der Waals surface area contributed by atoms with Crippen molar-refractivity contribution in [2.24, 2.45) is 13.0 Å². The van der Waals surface area contributed by atoms with Crippen molar-refractivity contribution in [2.45, 2.75) is 44.8 Å². The van der Waals surface area contributed by atoms with Gasteiger partial charge in [-0.3, -0.25) is 9.78 Å². The number of imidazole rings is 1. The molecular weight excluding hydrogens is 542 g/mol. The Bertz CT molecular complexity index is 1440. The third-order valence-electron chi connectivity index (χ3n) is 7.79. The van der Waals surface area contributed by atoms with E-state index in [1.165, 1.54) is 7.11 Å². The van der Waals surface area contributed by atoms with Crippen molar-refractivity contribution in [3.05, 3.63) is 82.2 Å². The number of rotatable bonds is 7. The van der Waals surface area contributed by atoms with Crippen LogP contribution in [0.3, 0.4) is 0 Å². The highest BCUT2D eigenvalue weighted by Gasteiger charge is 2.37. The zero-order valence-corrected chi connectivity index (χ0v) is 24.6. The summed E-state index contributed by atoms with van der Waals surface area (Å²) in [5.41, 5.74) is 5.72. The van der Waals surface area contributed by atoms with Gasteiger partial charge in [0.2, 0.25) is 5.91 Å². The van der Waals surface area contributed by atoms with Gasteiger partial charge in [0.25, 0.3) is 0 Å². The molecule has 1 aliphatic heterocycles. The van der Waals surface area contributed by atoms with Crippen LogP contribution in [0.1, 0.15) is 66.7 Å². The first kappa shape index (κ1) is 28.8. The molecule has 1 fully saturated rings. The van der Waals surface area contributed by atoms with E-state index >= 15 is 0 Å². The van der Waals surface area contributed by atoms with Crippen molar-refractivity contribution in [3.63, 3.8) is 0 Å². The minimum Gasteiger partial charge on any atom is -0.447 e. The standard InChI is InChI=1S/C31H36ClN5O4/c1-19(2)41-31(39)37-12-9-20(10-13-37)28-23-8-7-22(32)15-24(23)25(14-21-6-5-11-34-29(21)28)30(35-27(38)17-40-4)26-16-33-18-36(26)3/h5-8,11,14-16,18-20,28,30H,9-10,12-13,17H2,1-4H3,(H,35,38). The number of piperidine rings is 1. The molecule has 1 saturated heterocycles. The predicted molar refractivity (Wildman–Crippen MR) is 157 cm³/mol. The minimum atomic E-state index is -0.512. The fourth-order valence-electron chi connectivity index (χ4n) is 5.95. The molecule has 1 N–H and O–H groups in total. The molecule has 3 heterocycles. The predicted octanol–water partition coefficient (Wildman–Crippen LogP) is 5.22. The Kier molecular flexibility index (Phi) is 8.75. The van der Waals surface area contributed by atoms with Crippen LogP contribution in [0.4, 0.5) is 4.79 Å².